The lowest BCUT2D eigenvalue weighted by molar-refractivity contribution is 0.343. The van der Waals surface area contributed by atoms with Crippen molar-refractivity contribution in [2.45, 2.75) is 6.92 Å². The number of para-hydroxylation sites is 1. The van der Waals surface area contributed by atoms with Gasteiger partial charge in [0, 0.05) is 5.30 Å². The summed E-state index contributed by atoms with van der Waals surface area (Å²) >= 11 is 0. The molecule has 1 nitrogen and oxygen atoms in total. The van der Waals surface area contributed by atoms with Gasteiger partial charge in [-0.05, 0) is 13.0 Å². The fraction of sp³-hybridized carbons (Fsp3) is 0.250. The summed E-state index contributed by atoms with van der Waals surface area (Å²) < 4.78 is 5.32. The summed E-state index contributed by atoms with van der Waals surface area (Å²) in [4.78, 5) is 0. The molecule has 0 aliphatic heterocycles. The van der Waals surface area contributed by atoms with Gasteiger partial charge in [0.25, 0.3) is 0 Å². The predicted molar refractivity (Wildman–Crippen MR) is 47.0 cm³/mol. The molecule has 0 N–H and O–H groups in total. The summed E-state index contributed by atoms with van der Waals surface area (Å²) in [6.45, 7) is 2.71. The van der Waals surface area contributed by atoms with E-state index in [1.54, 1.807) is 0 Å². The first-order valence-corrected chi connectivity index (χ1v) is 3.89. The van der Waals surface area contributed by atoms with E-state index in [9.17, 15) is 0 Å². The van der Waals surface area contributed by atoms with Gasteiger partial charge in [-0.2, -0.15) is 0 Å². The van der Waals surface area contributed by atoms with E-state index >= 15 is 0 Å². The Kier molecular flexibility index (Phi) is 2.70. The lowest BCUT2D eigenvalue weighted by Crippen LogP contribution is -2.00. The Balaban J connectivity index is 2.81. The van der Waals surface area contributed by atoms with Gasteiger partial charge in [0.15, 0.2) is 0 Å². The van der Waals surface area contributed by atoms with Crippen molar-refractivity contribution in [2.24, 2.45) is 0 Å². The predicted octanol–water partition coefficient (Wildman–Crippen LogP) is 1.59. The number of hydrogen-bond donors (Lipinski definition) is 0. The van der Waals surface area contributed by atoms with Gasteiger partial charge in [0.05, 0.1) is 6.61 Å². The molecule has 0 saturated heterocycles. The molecule has 54 valence electrons. The standard InChI is InChI=1S/C8H11OP/c1-2-9-7-5-3-4-6-8(7)10/h3-6H,2,10H2,1H3. The van der Waals surface area contributed by atoms with Crippen molar-refractivity contribution in [3.63, 3.8) is 0 Å². The van der Waals surface area contributed by atoms with E-state index < -0.39 is 0 Å². The van der Waals surface area contributed by atoms with Crippen LogP contribution in [0.4, 0.5) is 0 Å². The lowest BCUT2D eigenvalue weighted by Gasteiger charge is -2.04. The van der Waals surface area contributed by atoms with Crippen LogP contribution in [0.3, 0.4) is 0 Å². The SMILES string of the molecule is CCOc1ccccc1P. The van der Waals surface area contributed by atoms with E-state index in [4.69, 9.17) is 4.74 Å². The maximum atomic E-state index is 5.32. The van der Waals surface area contributed by atoms with Crippen LogP contribution in [0, 0.1) is 0 Å². The second kappa shape index (κ2) is 3.58. The van der Waals surface area contributed by atoms with Crippen molar-refractivity contribution in [1.82, 2.24) is 0 Å². The third-order valence-corrected chi connectivity index (χ3v) is 1.70. The zero-order valence-corrected chi connectivity index (χ0v) is 7.16. The molecule has 2 heteroatoms. The van der Waals surface area contributed by atoms with Crippen LogP contribution in [0.2, 0.25) is 0 Å². The van der Waals surface area contributed by atoms with Gasteiger partial charge in [-0.3, -0.25) is 0 Å². The molecule has 0 bridgehead atoms. The highest BCUT2D eigenvalue weighted by atomic mass is 31.0. The molecule has 1 atom stereocenters. The Morgan fingerprint density at radius 1 is 1.40 bits per heavy atom. The molecule has 0 aliphatic carbocycles. The van der Waals surface area contributed by atoms with Crippen LogP contribution in [0.5, 0.6) is 5.75 Å². The van der Waals surface area contributed by atoms with Crippen LogP contribution in [0.1, 0.15) is 6.92 Å². The Morgan fingerprint density at radius 2 is 2.10 bits per heavy atom. The molecular weight excluding hydrogens is 143 g/mol. The van der Waals surface area contributed by atoms with Crippen molar-refractivity contribution in [3.8, 4) is 5.75 Å². The summed E-state index contributed by atoms with van der Waals surface area (Å²) in [5, 5.41) is 1.12. The fourth-order valence-electron chi connectivity index (χ4n) is 0.767. The van der Waals surface area contributed by atoms with Gasteiger partial charge in [0.1, 0.15) is 5.75 Å². The summed E-state index contributed by atoms with van der Waals surface area (Å²) in [7, 11) is 2.64. The topological polar surface area (TPSA) is 9.23 Å². The third-order valence-electron chi connectivity index (χ3n) is 1.22. The van der Waals surface area contributed by atoms with Gasteiger partial charge in [-0.25, -0.2) is 0 Å². The van der Waals surface area contributed by atoms with Gasteiger partial charge in [-0.15, -0.1) is 9.24 Å². The summed E-state index contributed by atoms with van der Waals surface area (Å²) in [6, 6.07) is 7.94. The minimum absolute atomic E-state index is 0.728. The van der Waals surface area contributed by atoms with Crippen LogP contribution >= 0.6 is 9.24 Å². The molecule has 0 heterocycles. The minimum Gasteiger partial charge on any atom is -0.493 e. The van der Waals surface area contributed by atoms with Crippen LogP contribution in [-0.4, -0.2) is 6.61 Å². The Bertz CT molecular complexity index is 210. The number of hydrogen-bond acceptors (Lipinski definition) is 1. The smallest absolute Gasteiger partial charge is 0.126 e. The highest BCUT2D eigenvalue weighted by Gasteiger charge is 1.93. The van der Waals surface area contributed by atoms with E-state index in [0.29, 0.717) is 0 Å². The minimum atomic E-state index is 0.728. The average molecular weight is 154 g/mol. The molecule has 0 aromatic heterocycles. The molecular formula is C8H11OP. The maximum Gasteiger partial charge on any atom is 0.126 e. The Labute approximate surface area is 63.6 Å². The molecule has 1 unspecified atom stereocenters. The molecule has 0 radical (unpaired) electrons. The molecule has 0 amide bonds. The quantitative estimate of drug-likeness (QED) is 0.588. The summed E-state index contributed by atoms with van der Waals surface area (Å²) in [5.41, 5.74) is 0. The van der Waals surface area contributed by atoms with Crippen molar-refractivity contribution in [2.75, 3.05) is 6.61 Å². The van der Waals surface area contributed by atoms with E-state index in [-0.39, 0.29) is 0 Å². The van der Waals surface area contributed by atoms with Crippen LogP contribution < -0.4 is 10.0 Å². The number of rotatable bonds is 2. The van der Waals surface area contributed by atoms with E-state index in [1.165, 1.54) is 0 Å². The van der Waals surface area contributed by atoms with Gasteiger partial charge in [-0.1, -0.05) is 18.2 Å². The normalized spacial score (nSPS) is 9.40. The molecule has 1 aromatic carbocycles. The van der Waals surface area contributed by atoms with Crippen molar-refractivity contribution >= 4 is 14.5 Å². The van der Waals surface area contributed by atoms with Gasteiger partial charge in [0.2, 0.25) is 0 Å². The van der Waals surface area contributed by atoms with Crippen LogP contribution in [0.15, 0.2) is 24.3 Å². The molecule has 0 fully saturated rings. The first-order valence-electron chi connectivity index (χ1n) is 3.32. The zero-order chi connectivity index (χ0) is 7.40. The first-order chi connectivity index (χ1) is 4.84. The Morgan fingerprint density at radius 3 is 2.70 bits per heavy atom. The molecule has 1 aromatic rings. The molecule has 0 aliphatic rings. The number of ether oxygens (including phenoxy) is 1. The highest BCUT2D eigenvalue weighted by molar-refractivity contribution is 7.27. The molecule has 0 spiro atoms. The monoisotopic (exact) mass is 154 g/mol. The summed E-state index contributed by atoms with van der Waals surface area (Å²) in [6.07, 6.45) is 0. The molecule has 0 saturated carbocycles. The van der Waals surface area contributed by atoms with E-state index in [2.05, 4.69) is 9.24 Å². The molecule has 10 heavy (non-hydrogen) atoms. The molecule has 1 rings (SSSR count). The zero-order valence-electron chi connectivity index (χ0n) is 6.00. The maximum absolute atomic E-state index is 5.32. The van der Waals surface area contributed by atoms with Gasteiger partial charge < -0.3 is 4.74 Å². The Hall–Kier alpha value is -0.550. The second-order valence-electron chi connectivity index (χ2n) is 1.97. The van der Waals surface area contributed by atoms with E-state index in [0.717, 1.165) is 17.7 Å². The van der Waals surface area contributed by atoms with Crippen molar-refractivity contribution in [1.29, 1.82) is 0 Å². The number of benzene rings is 1. The largest absolute Gasteiger partial charge is 0.493 e. The highest BCUT2D eigenvalue weighted by Crippen LogP contribution is 2.08. The van der Waals surface area contributed by atoms with E-state index in [1.807, 2.05) is 31.2 Å². The first kappa shape index (κ1) is 7.56. The lowest BCUT2D eigenvalue weighted by atomic mass is 10.3. The van der Waals surface area contributed by atoms with Crippen LogP contribution in [-0.2, 0) is 0 Å². The second-order valence-corrected chi connectivity index (χ2v) is 2.59. The van der Waals surface area contributed by atoms with Crippen molar-refractivity contribution in [3.05, 3.63) is 24.3 Å². The average Bonchev–Trinajstić information content (AvgIpc) is 1.94. The third kappa shape index (κ3) is 1.71. The van der Waals surface area contributed by atoms with Crippen molar-refractivity contribution < 1.29 is 4.74 Å². The van der Waals surface area contributed by atoms with Gasteiger partial charge >= 0.3 is 0 Å². The van der Waals surface area contributed by atoms with Crippen LogP contribution in [0.25, 0.3) is 0 Å². The summed E-state index contributed by atoms with van der Waals surface area (Å²) in [5.74, 6) is 0.954. The fourth-order valence-corrected chi connectivity index (χ4v) is 1.06.